The number of hydrogen-bond acceptors (Lipinski definition) is 28. The fourth-order valence-electron chi connectivity index (χ4n) is 13.1. The number of hydrogen-bond donors (Lipinski definition) is 15. The van der Waals surface area contributed by atoms with Gasteiger partial charge in [-0.2, -0.15) is 0 Å². The van der Waals surface area contributed by atoms with Gasteiger partial charge in [0, 0.05) is 63.6 Å². The van der Waals surface area contributed by atoms with Crippen LogP contribution in [0.3, 0.4) is 0 Å². The van der Waals surface area contributed by atoms with Crippen LogP contribution in [0.4, 0.5) is 33.6 Å². The summed E-state index contributed by atoms with van der Waals surface area (Å²) in [5.41, 5.74) is 17.0. The first-order chi connectivity index (χ1) is 70.5. The number of aliphatic carboxylic acids is 1. The second-order valence-electron chi connectivity index (χ2n) is 38.1. The van der Waals surface area contributed by atoms with E-state index in [4.69, 9.17) is 44.6 Å². The summed E-state index contributed by atoms with van der Waals surface area (Å²) < 4.78 is 36.1. The Bertz CT molecular complexity index is 5070. The molecule has 5 aromatic heterocycles. The number of fused-ring (bicyclic) bond motifs is 1. The van der Waals surface area contributed by atoms with Gasteiger partial charge in [0.05, 0.1) is 61.0 Å². The van der Waals surface area contributed by atoms with E-state index in [1.54, 1.807) is 96.8 Å². The Morgan fingerprint density at radius 2 is 0.595 bits per heavy atom. The molecule has 0 aliphatic heterocycles. The number of Topliss-reactive ketones (excluding diaryl/α,β-unsaturated/α-hetero) is 1. The van der Waals surface area contributed by atoms with E-state index >= 15 is 0 Å². The molecule has 9 rings (SSSR count). The number of carboxylic acid groups (broad SMARTS) is 1. The van der Waals surface area contributed by atoms with Crippen molar-refractivity contribution in [1.82, 2.24) is 88.7 Å². The summed E-state index contributed by atoms with van der Waals surface area (Å²) in [5, 5.41) is 41.8. The third-order valence-electron chi connectivity index (χ3n) is 20.4. The topological polar surface area (TPSA) is 568 Å². The van der Waals surface area contributed by atoms with E-state index in [9.17, 15) is 67.4 Å². The molecule has 11 amide bonds. The van der Waals surface area contributed by atoms with Crippen LogP contribution < -0.4 is 75.3 Å². The van der Waals surface area contributed by atoms with Gasteiger partial charge in [0.25, 0.3) is 0 Å². The lowest BCUT2D eigenvalue weighted by Crippen LogP contribution is -2.46. The predicted octanol–water partition coefficient (Wildman–Crippen LogP) is 14.2. The van der Waals surface area contributed by atoms with E-state index in [-0.39, 0.29) is 62.2 Å². The van der Waals surface area contributed by atoms with Gasteiger partial charge in [-0.1, -0.05) is 121 Å². The summed E-state index contributed by atoms with van der Waals surface area (Å²) in [5.74, 6) is -1.89. The molecule has 40 heteroatoms. The molecular weight excluding hydrogens is 1900 g/mol. The lowest BCUT2D eigenvalue weighted by Gasteiger charge is -2.20. The number of rotatable bonds is 47. The summed E-state index contributed by atoms with van der Waals surface area (Å²) in [6, 6.07) is 50.1. The first kappa shape index (κ1) is 125. The fourth-order valence-corrected chi connectivity index (χ4v) is 13.1. The minimum absolute atomic E-state index is 0.0683. The van der Waals surface area contributed by atoms with Gasteiger partial charge < -0.3 is 114 Å². The number of ketones is 1. The van der Waals surface area contributed by atoms with Gasteiger partial charge in [-0.3, -0.25) is 48.9 Å². The molecule has 5 heterocycles. The van der Waals surface area contributed by atoms with E-state index in [0.29, 0.717) is 115 Å². The number of aryl methyl sites for hydroxylation is 1. The Morgan fingerprint density at radius 3 is 0.878 bits per heavy atom. The number of nitrogens with zero attached hydrogens (tertiary/aromatic N) is 5. The number of carbonyl (C=O) groups is 13. The van der Waals surface area contributed by atoms with Crippen molar-refractivity contribution in [1.29, 1.82) is 0 Å². The summed E-state index contributed by atoms with van der Waals surface area (Å²) >= 11 is 0. The molecule has 40 nitrogen and oxygen atoms in total. The number of ether oxygens (including phenoxy) is 7. The van der Waals surface area contributed by atoms with Crippen molar-refractivity contribution in [2.45, 2.75) is 297 Å². The highest BCUT2D eigenvalue weighted by Gasteiger charge is 2.27. The fraction of sp³-hybridized carbons (Fsp3) is 0.481. The molecule has 1 aliphatic rings. The molecule has 0 bridgehead atoms. The zero-order chi connectivity index (χ0) is 109. The number of unbranched alkanes of at least 4 members (excludes halogenated alkanes) is 5. The second kappa shape index (κ2) is 71.7. The van der Waals surface area contributed by atoms with Crippen LogP contribution in [0.1, 0.15) is 248 Å². The second-order valence-corrected chi connectivity index (χ2v) is 38.1. The number of nitrogens with one attached hydrogen (secondary N) is 12. The zero-order valence-corrected chi connectivity index (χ0v) is 87.7. The van der Waals surface area contributed by atoms with Crippen LogP contribution in [-0.4, -0.2) is 200 Å². The molecule has 808 valence electrons. The van der Waals surface area contributed by atoms with E-state index in [1.165, 1.54) is 0 Å². The third-order valence-corrected chi connectivity index (χ3v) is 20.4. The highest BCUT2D eigenvalue weighted by Crippen LogP contribution is 2.20. The minimum atomic E-state index is -1.13. The third kappa shape index (κ3) is 63.5. The monoisotopic (exact) mass is 2050 g/mol. The SMILES string of the molecule is CC(C)(C)OC(=O)NCCCC[C@H](N)C(=O)NCc1ccccn1.CC(C)(C)OC(=O)NCCCC[C@H](N)C(=O)NCc1ccccn1.CC(C)(C)OC(=O)NCCCC[C@H](NC(=O)OCc1ccccc1)C(=O)NCc1ccccn1.CC(C)(C)OC(=O)NCCCC[C@H](NC(=O)OCc1ccccc1)C(=O)O.CNCCCC[C@H](NC(=O)OCc1ccccc1)C(=O)NCc1ccccn1.O=C1CCCc2cccnc21. The Kier molecular flexibility index (Phi) is 60.8. The molecule has 17 N–H and O–H groups in total. The van der Waals surface area contributed by atoms with E-state index in [1.807, 2.05) is 200 Å². The smallest absolute Gasteiger partial charge is 0.408 e. The quantitative estimate of drug-likeness (QED) is 0.0124. The van der Waals surface area contributed by atoms with E-state index in [2.05, 4.69) is 88.7 Å². The highest BCUT2D eigenvalue weighted by atomic mass is 16.6. The van der Waals surface area contributed by atoms with Crippen LogP contribution in [0.5, 0.6) is 0 Å². The van der Waals surface area contributed by atoms with Gasteiger partial charge in [0.2, 0.25) is 23.6 Å². The molecule has 0 radical (unpaired) electrons. The lowest BCUT2D eigenvalue weighted by molar-refractivity contribution is -0.139. The number of nitrogens with two attached hydrogens (primary N) is 2. The van der Waals surface area contributed by atoms with Crippen LogP contribution in [0.25, 0.3) is 0 Å². The maximum atomic E-state index is 12.8. The molecule has 0 unspecified atom stereocenters. The zero-order valence-electron chi connectivity index (χ0n) is 87.7. The predicted molar refractivity (Wildman–Crippen MR) is 560 cm³/mol. The molecule has 0 saturated carbocycles. The van der Waals surface area contributed by atoms with Gasteiger partial charge in [0.1, 0.15) is 66.0 Å². The number of alkyl carbamates (subject to hydrolysis) is 7. The summed E-state index contributed by atoms with van der Waals surface area (Å²) in [6.45, 7) is 25.8. The molecular formula is C108H155N19O21. The van der Waals surface area contributed by atoms with Crippen molar-refractivity contribution in [3.8, 4) is 0 Å². The number of pyridine rings is 5. The summed E-state index contributed by atoms with van der Waals surface area (Å²) in [7, 11) is 1.89. The van der Waals surface area contributed by atoms with Gasteiger partial charge in [0.15, 0.2) is 5.78 Å². The lowest BCUT2D eigenvalue weighted by atomic mass is 9.95. The maximum Gasteiger partial charge on any atom is 0.408 e. The summed E-state index contributed by atoms with van der Waals surface area (Å²) in [6.07, 6.45) is 16.3. The number of amides is 11. The van der Waals surface area contributed by atoms with Gasteiger partial charge in [-0.25, -0.2) is 38.4 Å². The van der Waals surface area contributed by atoms with Crippen LogP contribution in [0.15, 0.2) is 207 Å². The Morgan fingerprint density at radius 1 is 0.318 bits per heavy atom. The van der Waals surface area contributed by atoms with Crippen molar-refractivity contribution < 1.29 is 101 Å². The molecule has 0 spiro atoms. The molecule has 1 aliphatic carbocycles. The average Bonchev–Trinajstić information content (AvgIpc) is 0.839. The molecule has 0 fully saturated rings. The minimum Gasteiger partial charge on any atom is -0.480 e. The van der Waals surface area contributed by atoms with Crippen LogP contribution >= 0.6 is 0 Å². The van der Waals surface area contributed by atoms with Crippen molar-refractivity contribution in [2.75, 3.05) is 39.8 Å². The maximum absolute atomic E-state index is 12.8. The van der Waals surface area contributed by atoms with E-state index < -0.39 is 101 Å². The number of benzene rings is 3. The Labute approximate surface area is 869 Å². The average molecular weight is 2060 g/mol. The van der Waals surface area contributed by atoms with Crippen molar-refractivity contribution in [3.63, 3.8) is 0 Å². The molecule has 8 aromatic rings. The van der Waals surface area contributed by atoms with Crippen molar-refractivity contribution in [3.05, 3.63) is 258 Å². The van der Waals surface area contributed by atoms with Crippen molar-refractivity contribution >= 4 is 78.0 Å². The molecule has 5 atom stereocenters. The number of carboxylic acids is 1. The van der Waals surface area contributed by atoms with Gasteiger partial charge in [-0.05, 0) is 283 Å². The normalized spacial score (nSPS) is 12.2. The van der Waals surface area contributed by atoms with Crippen LogP contribution in [0.2, 0.25) is 0 Å². The van der Waals surface area contributed by atoms with Crippen molar-refractivity contribution in [2.24, 2.45) is 11.5 Å². The van der Waals surface area contributed by atoms with Crippen LogP contribution in [-0.2, 0) is 110 Å². The summed E-state index contributed by atoms with van der Waals surface area (Å²) in [4.78, 5) is 175. The van der Waals surface area contributed by atoms with Crippen LogP contribution in [0, 0.1) is 0 Å². The number of carbonyl (C=O) groups excluding carboxylic acids is 12. The first-order valence-electron chi connectivity index (χ1n) is 49.9. The first-order valence-corrected chi connectivity index (χ1v) is 49.9. The Balaban J connectivity index is 0.000000376. The molecule has 0 saturated heterocycles. The van der Waals surface area contributed by atoms with Gasteiger partial charge >= 0.3 is 48.6 Å². The largest absolute Gasteiger partial charge is 0.480 e. The standard InChI is InChI=1S/C25H34N4O5.C21H28N4O3.C19H28N2O6.2C17H28N4O3.C9H9NO/c1-25(2,3)34-23(31)27-16-10-8-14-21(22(30)28-17-20-13-7-9-15-26-20)29-24(32)33-18-19-11-5-4-6-12-19;1-22-13-7-6-12-19(20(26)24-15-18-11-5-8-14-23-18)25-21(27)28-16-17-9-3-2-4-10-17;1-19(2,3)27-17(24)20-12-8-7-11-15(16(22)23)21-18(25)26-13-14-9-5-4-6-10-14;2*1-17(2,3)24-16(23)20-11-7-5-9-14(18)15(22)21-12-13-8-4-6-10-19-13;11-8-5-1-3-7-4-2-6-10-9(7)8/h4-7,9,11-13,15,21H,8,10,14,16-18H2,1-3H3,(H,27,31)(H,28,30)(H,29,32);2-5,8-11,14,19,22H,6-7,12-13,15-16H2,1H3,(H,24,26)(H,25,27);4-6,9-10,15H,7-8,11-13H2,1-3H3,(H,20,24)(H,21,25)(H,22,23);2*4,6,8,10,14H,5,7,9,11-12,18H2,1-3H3,(H,20,23)(H,21,22);2,4,6H,1,3,5H2/t21-;19-;15-;2*14-;/m00000./s1. The Hall–Kier alpha value is -14.8. The van der Waals surface area contributed by atoms with Gasteiger partial charge in [-0.15, -0.1) is 0 Å². The molecule has 3 aromatic carbocycles. The highest BCUT2D eigenvalue weighted by molar-refractivity contribution is 5.96. The molecule has 148 heavy (non-hydrogen) atoms. The van der Waals surface area contributed by atoms with E-state index in [0.717, 1.165) is 97.2 Å². The number of aromatic nitrogens is 5.